The highest BCUT2D eigenvalue weighted by molar-refractivity contribution is 6.32. The number of carbonyl (C=O) groups excluding carboxylic acids is 1. The van der Waals surface area contributed by atoms with Gasteiger partial charge < -0.3 is 15.8 Å². The fourth-order valence-electron chi connectivity index (χ4n) is 1.49. The van der Waals surface area contributed by atoms with Crippen molar-refractivity contribution in [1.29, 1.82) is 5.26 Å². The molecule has 0 fully saturated rings. The number of nitrogens with two attached hydrogens (primary N) is 1. The molecule has 1 aromatic carbocycles. The Kier molecular flexibility index (Phi) is 6.13. The SMILES string of the molecule is CC(N)Cc1ccc(OCC(=O)NCC#N)c(Cl)c1. The first-order valence-electron chi connectivity index (χ1n) is 5.83. The van der Waals surface area contributed by atoms with E-state index < -0.39 is 0 Å². The second-order valence-corrected chi connectivity index (χ2v) is 4.58. The van der Waals surface area contributed by atoms with Gasteiger partial charge in [0.2, 0.25) is 0 Å². The molecule has 0 bridgehead atoms. The minimum absolute atomic E-state index is 0.0384. The molecule has 3 N–H and O–H groups in total. The van der Waals surface area contributed by atoms with Crippen LogP contribution in [0, 0.1) is 11.3 Å². The Balaban J connectivity index is 2.55. The molecule has 0 aliphatic heterocycles. The lowest BCUT2D eigenvalue weighted by molar-refractivity contribution is -0.122. The van der Waals surface area contributed by atoms with Gasteiger partial charge in [-0.1, -0.05) is 17.7 Å². The van der Waals surface area contributed by atoms with Crippen LogP contribution < -0.4 is 15.8 Å². The van der Waals surface area contributed by atoms with Gasteiger partial charge in [-0.3, -0.25) is 4.79 Å². The number of ether oxygens (including phenoxy) is 1. The second-order valence-electron chi connectivity index (χ2n) is 4.17. The van der Waals surface area contributed by atoms with Gasteiger partial charge in [-0.2, -0.15) is 5.26 Å². The van der Waals surface area contributed by atoms with Crippen LogP contribution in [0.2, 0.25) is 5.02 Å². The first-order valence-corrected chi connectivity index (χ1v) is 6.21. The van der Waals surface area contributed by atoms with Gasteiger partial charge in [-0.05, 0) is 31.0 Å². The molecule has 1 aromatic rings. The van der Waals surface area contributed by atoms with Crippen molar-refractivity contribution in [3.63, 3.8) is 0 Å². The standard InChI is InChI=1S/C13H16ClN3O2/c1-9(16)6-10-2-3-12(11(14)7-10)19-8-13(18)17-5-4-15/h2-3,7,9H,5-6,8,16H2,1H3,(H,17,18). The van der Waals surface area contributed by atoms with E-state index in [0.29, 0.717) is 10.8 Å². The summed E-state index contributed by atoms with van der Waals surface area (Å²) >= 11 is 6.05. The Morgan fingerprint density at radius 2 is 2.37 bits per heavy atom. The topological polar surface area (TPSA) is 88.1 Å². The van der Waals surface area contributed by atoms with Crippen LogP contribution in [0.3, 0.4) is 0 Å². The molecule has 0 radical (unpaired) electrons. The lowest BCUT2D eigenvalue weighted by Gasteiger charge is -2.10. The highest BCUT2D eigenvalue weighted by atomic mass is 35.5. The van der Waals surface area contributed by atoms with E-state index in [1.54, 1.807) is 12.1 Å². The molecule has 0 aliphatic carbocycles. The second kappa shape index (κ2) is 7.62. The highest BCUT2D eigenvalue weighted by Crippen LogP contribution is 2.25. The molecule has 1 atom stereocenters. The summed E-state index contributed by atoms with van der Waals surface area (Å²) in [6.07, 6.45) is 0.725. The maximum atomic E-state index is 11.3. The Morgan fingerprint density at radius 1 is 1.63 bits per heavy atom. The monoisotopic (exact) mass is 281 g/mol. The van der Waals surface area contributed by atoms with Crippen LogP contribution >= 0.6 is 11.6 Å². The van der Waals surface area contributed by atoms with Crippen molar-refractivity contribution in [3.05, 3.63) is 28.8 Å². The quantitative estimate of drug-likeness (QED) is 0.768. The number of nitrogens with one attached hydrogen (secondary N) is 1. The number of carbonyl (C=O) groups is 1. The molecule has 1 amide bonds. The Hall–Kier alpha value is -1.77. The zero-order chi connectivity index (χ0) is 14.3. The van der Waals surface area contributed by atoms with Crippen LogP contribution in [-0.4, -0.2) is 25.1 Å². The van der Waals surface area contributed by atoms with Gasteiger partial charge >= 0.3 is 0 Å². The molecule has 0 saturated heterocycles. The maximum Gasteiger partial charge on any atom is 0.258 e. The summed E-state index contributed by atoms with van der Waals surface area (Å²) in [5.41, 5.74) is 6.72. The summed E-state index contributed by atoms with van der Waals surface area (Å²) in [6.45, 7) is 1.70. The molecule has 19 heavy (non-hydrogen) atoms. The molecule has 1 unspecified atom stereocenters. The zero-order valence-electron chi connectivity index (χ0n) is 10.6. The largest absolute Gasteiger partial charge is 0.482 e. The molecule has 0 heterocycles. The number of amides is 1. The van der Waals surface area contributed by atoms with Crippen LogP contribution in [-0.2, 0) is 11.2 Å². The normalized spacial score (nSPS) is 11.5. The predicted octanol–water partition coefficient (Wildman–Crippen LogP) is 1.25. The van der Waals surface area contributed by atoms with E-state index in [9.17, 15) is 4.79 Å². The number of benzene rings is 1. The summed E-state index contributed by atoms with van der Waals surface area (Å²) in [4.78, 5) is 11.3. The van der Waals surface area contributed by atoms with E-state index >= 15 is 0 Å². The first-order chi connectivity index (χ1) is 9.02. The molecule has 0 spiro atoms. The number of nitriles is 1. The number of hydrogen-bond acceptors (Lipinski definition) is 4. The van der Waals surface area contributed by atoms with Crippen LogP contribution in [0.15, 0.2) is 18.2 Å². The van der Waals surface area contributed by atoms with Gasteiger partial charge in [0.05, 0.1) is 11.1 Å². The predicted molar refractivity (Wildman–Crippen MR) is 72.9 cm³/mol. The van der Waals surface area contributed by atoms with E-state index in [1.165, 1.54) is 0 Å². The average molecular weight is 282 g/mol. The third-order valence-electron chi connectivity index (χ3n) is 2.28. The number of nitrogens with zero attached hydrogens (tertiary/aromatic N) is 1. The first kappa shape index (κ1) is 15.3. The minimum atomic E-state index is -0.364. The van der Waals surface area contributed by atoms with E-state index in [1.807, 2.05) is 19.1 Å². The molecule has 0 saturated carbocycles. The molecule has 5 nitrogen and oxygen atoms in total. The van der Waals surface area contributed by atoms with Crippen LogP contribution in [0.25, 0.3) is 0 Å². The fraction of sp³-hybridized carbons (Fsp3) is 0.385. The number of rotatable bonds is 6. The summed E-state index contributed by atoms with van der Waals surface area (Å²) in [6, 6.07) is 7.20. The Morgan fingerprint density at radius 3 is 2.95 bits per heavy atom. The van der Waals surface area contributed by atoms with Crippen LogP contribution in [0.1, 0.15) is 12.5 Å². The van der Waals surface area contributed by atoms with Crippen molar-refractivity contribution in [3.8, 4) is 11.8 Å². The van der Waals surface area contributed by atoms with E-state index in [0.717, 1.165) is 12.0 Å². The van der Waals surface area contributed by atoms with Crippen LogP contribution in [0.5, 0.6) is 5.75 Å². The molecular formula is C13H16ClN3O2. The molecular weight excluding hydrogens is 266 g/mol. The Labute approximate surface area is 117 Å². The van der Waals surface area contributed by atoms with E-state index in [4.69, 9.17) is 27.3 Å². The average Bonchev–Trinajstić information content (AvgIpc) is 2.34. The van der Waals surface area contributed by atoms with E-state index in [2.05, 4.69) is 5.32 Å². The van der Waals surface area contributed by atoms with Gasteiger partial charge in [0, 0.05) is 6.04 Å². The van der Waals surface area contributed by atoms with Gasteiger partial charge in [0.25, 0.3) is 5.91 Å². The highest BCUT2D eigenvalue weighted by Gasteiger charge is 2.07. The minimum Gasteiger partial charge on any atom is -0.482 e. The van der Waals surface area contributed by atoms with Crippen molar-refractivity contribution in [2.24, 2.45) is 5.73 Å². The lowest BCUT2D eigenvalue weighted by atomic mass is 10.1. The van der Waals surface area contributed by atoms with Crippen molar-refractivity contribution < 1.29 is 9.53 Å². The Bertz CT molecular complexity index is 483. The van der Waals surface area contributed by atoms with Crippen molar-refractivity contribution in [2.75, 3.05) is 13.2 Å². The summed E-state index contributed by atoms with van der Waals surface area (Å²) in [5, 5.41) is 11.1. The molecule has 6 heteroatoms. The molecule has 0 aromatic heterocycles. The maximum absolute atomic E-state index is 11.3. The number of halogens is 1. The van der Waals surface area contributed by atoms with Gasteiger partial charge in [-0.25, -0.2) is 0 Å². The van der Waals surface area contributed by atoms with Crippen LogP contribution in [0.4, 0.5) is 0 Å². The fourth-order valence-corrected chi connectivity index (χ4v) is 1.75. The van der Waals surface area contributed by atoms with Crippen molar-refractivity contribution in [1.82, 2.24) is 5.32 Å². The molecule has 102 valence electrons. The van der Waals surface area contributed by atoms with Crippen molar-refractivity contribution >= 4 is 17.5 Å². The third kappa shape index (κ3) is 5.60. The smallest absolute Gasteiger partial charge is 0.258 e. The van der Waals surface area contributed by atoms with Gasteiger partial charge in [0.15, 0.2) is 6.61 Å². The van der Waals surface area contributed by atoms with Crippen molar-refractivity contribution in [2.45, 2.75) is 19.4 Å². The van der Waals surface area contributed by atoms with E-state index in [-0.39, 0.29) is 25.1 Å². The molecule has 0 aliphatic rings. The number of hydrogen-bond donors (Lipinski definition) is 2. The summed E-state index contributed by atoms with van der Waals surface area (Å²) in [7, 11) is 0. The zero-order valence-corrected chi connectivity index (χ0v) is 11.4. The summed E-state index contributed by atoms with van der Waals surface area (Å²) in [5.74, 6) is 0.0690. The molecule has 1 rings (SSSR count). The third-order valence-corrected chi connectivity index (χ3v) is 2.57. The lowest BCUT2D eigenvalue weighted by Crippen LogP contribution is -2.29. The van der Waals surface area contributed by atoms with Gasteiger partial charge in [0.1, 0.15) is 12.3 Å². The summed E-state index contributed by atoms with van der Waals surface area (Å²) < 4.78 is 5.27. The van der Waals surface area contributed by atoms with Gasteiger partial charge in [-0.15, -0.1) is 0 Å².